The Morgan fingerprint density at radius 2 is 2.15 bits per heavy atom. The van der Waals surface area contributed by atoms with Crippen LogP contribution < -0.4 is 4.90 Å². The molecule has 0 aliphatic carbocycles. The van der Waals surface area contributed by atoms with E-state index in [1.54, 1.807) is 4.90 Å². The lowest BCUT2D eigenvalue weighted by Gasteiger charge is -2.21. The number of aryl methyl sites for hydroxylation is 1. The van der Waals surface area contributed by atoms with Gasteiger partial charge in [-0.15, -0.1) is 0 Å². The fourth-order valence-electron chi connectivity index (χ4n) is 2.40. The van der Waals surface area contributed by atoms with E-state index in [0.717, 1.165) is 25.8 Å². The van der Waals surface area contributed by atoms with Crippen LogP contribution in [0.25, 0.3) is 10.4 Å². The molecule has 0 N–H and O–H groups in total. The lowest BCUT2D eigenvalue weighted by atomic mass is 10.1. The summed E-state index contributed by atoms with van der Waals surface area (Å²) in [5.41, 5.74) is 11.4. The molecule has 0 saturated carbocycles. The second kappa shape index (κ2) is 6.16. The highest BCUT2D eigenvalue weighted by Gasteiger charge is 2.31. The molecule has 1 aliphatic rings. The van der Waals surface area contributed by atoms with E-state index in [-0.39, 0.29) is 11.8 Å². The van der Waals surface area contributed by atoms with Gasteiger partial charge in [-0.2, -0.15) is 0 Å². The first-order valence-corrected chi connectivity index (χ1v) is 7.80. The third-order valence-electron chi connectivity index (χ3n) is 3.48. The number of anilines is 1. The van der Waals surface area contributed by atoms with Crippen molar-refractivity contribution in [3.63, 3.8) is 0 Å². The highest BCUT2D eigenvalue weighted by atomic mass is 79.9. The van der Waals surface area contributed by atoms with Crippen LogP contribution in [0.2, 0.25) is 0 Å². The quantitative estimate of drug-likeness (QED) is 0.417. The van der Waals surface area contributed by atoms with E-state index in [0.29, 0.717) is 19.5 Å². The molecule has 20 heavy (non-hydrogen) atoms. The number of hydrogen-bond donors (Lipinski definition) is 0. The first-order chi connectivity index (χ1) is 9.45. The Labute approximate surface area is 134 Å². The number of azide groups is 1. The molecule has 5 nitrogen and oxygen atoms in total. The van der Waals surface area contributed by atoms with Crippen LogP contribution in [0, 0.1) is 19.8 Å². The molecule has 0 radical (unpaired) electrons. The average Bonchev–Trinajstić information content (AvgIpc) is 2.79. The smallest absolute Gasteiger partial charge is 0.227 e. The minimum absolute atomic E-state index is 0.0740. The van der Waals surface area contributed by atoms with Crippen molar-refractivity contribution in [2.24, 2.45) is 11.0 Å². The zero-order chi connectivity index (χ0) is 14.9. The summed E-state index contributed by atoms with van der Waals surface area (Å²) in [6.07, 6.45) is 0.430. The summed E-state index contributed by atoms with van der Waals surface area (Å²) in [6, 6.07) is 2.00. The molecule has 0 bridgehead atoms. The van der Waals surface area contributed by atoms with Crippen LogP contribution in [0.15, 0.2) is 20.1 Å². The Morgan fingerprint density at radius 3 is 2.80 bits per heavy atom. The number of nitrogens with zero attached hydrogens (tertiary/aromatic N) is 4. The van der Waals surface area contributed by atoms with E-state index in [4.69, 9.17) is 5.53 Å². The molecule has 1 fully saturated rings. The molecule has 0 aromatic heterocycles. The van der Waals surface area contributed by atoms with Gasteiger partial charge in [0, 0.05) is 33.4 Å². The molecule has 1 heterocycles. The van der Waals surface area contributed by atoms with Crippen molar-refractivity contribution in [2.75, 3.05) is 18.0 Å². The SMILES string of the molecule is Cc1cc(N2CC(CN=[N+]=[N-])CC2=O)c(Br)c(C)c1Br. The minimum atomic E-state index is 0.0740. The summed E-state index contributed by atoms with van der Waals surface area (Å²) >= 11 is 7.11. The number of hydrogen-bond acceptors (Lipinski definition) is 2. The van der Waals surface area contributed by atoms with E-state index in [9.17, 15) is 4.79 Å². The van der Waals surface area contributed by atoms with Crippen LogP contribution in [-0.4, -0.2) is 19.0 Å². The molecule has 1 aliphatic heterocycles. The van der Waals surface area contributed by atoms with Crippen molar-refractivity contribution < 1.29 is 4.79 Å². The summed E-state index contributed by atoms with van der Waals surface area (Å²) < 4.78 is 1.97. The van der Waals surface area contributed by atoms with Crippen LogP contribution in [0.1, 0.15) is 17.5 Å². The van der Waals surface area contributed by atoms with Crippen molar-refractivity contribution in [3.8, 4) is 0 Å². The fraction of sp³-hybridized carbons (Fsp3) is 0.462. The van der Waals surface area contributed by atoms with Gasteiger partial charge < -0.3 is 4.90 Å². The Morgan fingerprint density at radius 1 is 1.45 bits per heavy atom. The third-order valence-corrected chi connectivity index (χ3v) is 5.70. The summed E-state index contributed by atoms with van der Waals surface area (Å²) in [4.78, 5) is 16.7. The normalized spacial score (nSPS) is 18.3. The Hall–Kier alpha value is -1.04. The Bertz CT molecular complexity index is 611. The van der Waals surface area contributed by atoms with Crippen LogP contribution >= 0.6 is 31.9 Å². The first kappa shape index (κ1) is 15.4. The van der Waals surface area contributed by atoms with Gasteiger partial charge >= 0.3 is 0 Å². The molecule has 7 heteroatoms. The number of amides is 1. The monoisotopic (exact) mass is 400 g/mol. The van der Waals surface area contributed by atoms with Gasteiger partial charge in [0.05, 0.1) is 5.69 Å². The summed E-state index contributed by atoms with van der Waals surface area (Å²) in [5, 5.41) is 3.57. The zero-order valence-electron chi connectivity index (χ0n) is 11.2. The molecule has 1 aromatic rings. The van der Waals surface area contributed by atoms with Gasteiger partial charge in [0.2, 0.25) is 5.91 Å². The molecular formula is C13H14Br2N4O. The minimum Gasteiger partial charge on any atom is -0.311 e. The number of carbonyl (C=O) groups excluding carboxylic acids is 1. The van der Waals surface area contributed by atoms with E-state index >= 15 is 0 Å². The molecule has 0 spiro atoms. The molecule has 1 amide bonds. The highest BCUT2D eigenvalue weighted by molar-refractivity contribution is 9.11. The molecule has 1 unspecified atom stereocenters. The number of halogens is 2. The molecule has 1 saturated heterocycles. The lowest BCUT2D eigenvalue weighted by Crippen LogP contribution is -2.25. The van der Waals surface area contributed by atoms with Crippen LogP contribution in [0.3, 0.4) is 0 Å². The summed E-state index contributed by atoms with van der Waals surface area (Å²) in [6.45, 7) is 4.97. The van der Waals surface area contributed by atoms with Gasteiger partial charge in [-0.05, 0) is 58.4 Å². The van der Waals surface area contributed by atoms with Crippen molar-refractivity contribution in [1.82, 2.24) is 0 Å². The Balaban J connectivity index is 2.33. The van der Waals surface area contributed by atoms with Crippen LogP contribution in [-0.2, 0) is 4.79 Å². The standard InChI is InChI=1S/C13H14Br2N4O/c1-7-3-10(13(15)8(2)12(7)14)19-6-9(4-11(19)20)5-17-18-16/h3,9H,4-6H2,1-2H3. The number of rotatable bonds is 3. The van der Waals surface area contributed by atoms with Gasteiger partial charge in [-0.3, -0.25) is 4.79 Å². The second-order valence-electron chi connectivity index (χ2n) is 4.95. The third kappa shape index (κ3) is 2.85. The van der Waals surface area contributed by atoms with E-state index in [1.165, 1.54) is 0 Å². The van der Waals surface area contributed by atoms with Gasteiger partial charge in [-0.1, -0.05) is 21.0 Å². The topological polar surface area (TPSA) is 69.1 Å². The predicted octanol–water partition coefficient (Wildman–Crippen LogP) is 4.49. The average molecular weight is 402 g/mol. The van der Waals surface area contributed by atoms with Gasteiger partial charge in [0.1, 0.15) is 0 Å². The molecule has 1 aromatic carbocycles. The maximum absolute atomic E-state index is 12.2. The maximum Gasteiger partial charge on any atom is 0.227 e. The van der Waals surface area contributed by atoms with Crippen molar-refractivity contribution in [2.45, 2.75) is 20.3 Å². The number of carbonyl (C=O) groups is 1. The first-order valence-electron chi connectivity index (χ1n) is 6.22. The van der Waals surface area contributed by atoms with Crippen molar-refractivity contribution in [3.05, 3.63) is 36.6 Å². The van der Waals surface area contributed by atoms with Gasteiger partial charge in [0.15, 0.2) is 0 Å². The van der Waals surface area contributed by atoms with E-state index in [1.807, 2.05) is 19.9 Å². The van der Waals surface area contributed by atoms with Crippen LogP contribution in [0.5, 0.6) is 0 Å². The van der Waals surface area contributed by atoms with E-state index in [2.05, 4.69) is 41.9 Å². The van der Waals surface area contributed by atoms with Crippen molar-refractivity contribution >= 4 is 43.5 Å². The van der Waals surface area contributed by atoms with Gasteiger partial charge in [0.25, 0.3) is 0 Å². The molecular weight excluding hydrogens is 388 g/mol. The maximum atomic E-state index is 12.2. The number of benzene rings is 1. The molecule has 1 atom stereocenters. The lowest BCUT2D eigenvalue weighted by molar-refractivity contribution is -0.117. The highest BCUT2D eigenvalue weighted by Crippen LogP contribution is 2.38. The zero-order valence-corrected chi connectivity index (χ0v) is 14.4. The van der Waals surface area contributed by atoms with Crippen molar-refractivity contribution in [1.29, 1.82) is 0 Å². The largest absolute Gasteiger partial charge is 0.311 e. The van der Waals surface area contributed by atoms with Gasteiger partial charge in [-0.25, -0.2) is 0 Å². The van der Waals surface area contributed by atoms with E-state index < -0.39 is 0 Å². The Kier molecular flexibility index (Phi) is 4.73. The molecule has 106 valence electrons. The fourth-order valence-corrected chi connectivity index (χ4v) is 3.51. The predicted molar refractivity (Wildman–Crippen MR) is 85.8 cm³/mol. The second-order valence-corrected chi connectivity index (χ2v) is 6.54. The molecule has 2 rings (SSSR count). The van der Waals surface area contributed by atoms with Crippen LogP contribution in [0.4, 0.5) is 5.69 Å². The summed E-state index contributed by atoms with van der Waals surface area (Å²) in [7, 11) is 0. The summed E-state index contributed by atoms with van der Waals surface area (Å²) in [5.74, 6) is 0.166.